The fraction of sp³-hybridized carbons (Fsp3) is 0.615. The monoisotopic (exact) mass is 236 g/mol. The van der Waals surface area contributed by atoms with E-state index in [1.165, 1.54) is 4.88 Å². The Labute approximate surface area is 102 Å². The van der Waals surface area contributed by atoms with E-state index in [2.05, 4.69) is 39.1 Å². The van der Waals surface area contributed by atoms with Gasteiger partial charge in [0.1, 0.15) is 10.9 Å². The van der Waals surface area contributed by atoms with Crippen molar-refractivity contribution >= 4 is 11.3 Å². The van der Waals surface area contributed by atoms with Gasteiger partial charge in [0.05, 0.1) is 0 Å². The number of rotatable bonds is 5. The number of hydrogen-bond acceptors (Lipinski definition) is 3. The van der Waals surface area contributed by atoms with Crippen molar-refractivity contribution in [2.45, 2.75) is 34.2 Å². The molecule has 1 N–H and O–H groups in total. The average molecular weight is 236 g/mol. The van der Waals surface area contributed by atoms with Crippen molar-refractivity contribution in [2.24, 2.45) is 11.3 Å². The Bertz CT molecular complexity index is 372. The number of hydrogen-bond donors (Lipinski definition) is 1. The van der Waals surface area contributed by atoms with Crippen LogP contribution in [0.25, 0.3) is 0 Å². The smallest absolute Gasteiger partial charge is 0.110 e. The lowest BCUT2D eigenvalue weighted by Crippen LogP contribution is -2.32. The van der Waals surface area contributed by atoms with Crippen molar-refractivity contribution in [1.29, 1.82) is 5.26 Å². The number of thiophene rings is 1. The molecule has 0 spiro atoms. The minimum Gasteiger partial charge on any atom is -0.311 e. The molecular weight excluding hydrogens is 216 g/mol. The minimum absolute atomic E-state index is 0.315. The van der Waals surface area contributed by atoms with Crippen LogP contribution in [0.15, 0.2) is 12.1 Å². The Kier molecular flexibility index (Phi) is 4.52. The zero-order chi connectivity index (χ0) is 12.2. The van der Waals surface area contributed by atoms with Gasteiger partial charge >= 0.3 is 0 Å². The first-order valence-corrected chi connectivity index (χ1v) is 6.47. The normalized spacial score (nSPS) is 11.8. The quantitative estimate of drug-likeness (QED) is 0.850. The van der Waals surface area contributed by atoms with Crippen LogP contribution in [0.3, 0.4) is 0 Å². The fourth-order valence-electron chi connectivity index (χ4n) is 1.25. The second-order valence-corrected chi connectivity index (χ2v) is 6.29. The highest BCUT2D eigenvalue weighted by Gasteiger charge is 2.21. The summed E-state index contributed by atoms with van der Waals surface area (Å²) < 4.78 is 0. The molecule has 0 aliphatic carbocycles. The number of nitrogens with zero attached hydrogens (tertiary/aromatic N) is 1. The molecule has 0 amide bonds. The molecule has 3 heteroatoms. The third-order valence-electron chi connectivity index (χ3n) is 3.21. The molecule has 1 aromatic heterocycles. The fourth-order valence-corrected chi connectivity index (χ4v) is 2.02. The standard InChI is InChI=1S/C13H20N2S/c1-10(2)13(3,4)9-15-8-12-6-5-11(7-14)16-12/h5-6,10,15H,8-9H2,1-4H3. The molecule has 0 aliphatic rings. The summed E-state index contributed by atoms with van der Waals surface area (Å²) >= 11 is 1.57. The summed E-state index contributed by atoms with van der Waals surface area (Å²) in [5.74, 6) is 0.665. The summed E-state index contributed by atoms with van der Waals surface area (Å²) in [4.78, 5) is 2.02. The largest absolute Gasteiger partial charge is 0.311 e. The molecule has 0 aromatic carbocycles. The van der Waals surface area contributed by atoms with Crippen molar-refractivity contribution in [2.75, 3.05) is 6.54 Å². The zero-order valence-corrected chi connectivity index (χ0v) is 11.3. The third-order valence-corrected chi connectivity index (χ3v) is 4.20. The van der Waals surface area contributed by atoms with Crippen LogP contribution >= 0.6 is 11.3 Å². The van der Waals surface area contributed by atoms with Crippen LogP contribution in [0.4, 0.5) is 0 Å². The van der Waals surface area contributed by atoms with Crippen LogP contribution in [0.2, 0.25) is 0 Å². The minimum atomic E-state index is 0.315. The first-order valence-electron chi connectivity index (χ1n) is 5.65. The summed E-state index contributed by atoms with van der Waals surface area (Å²) in [6.45, 7) is 10.9. The van der Waals surface area contributed by atoms with Gasteiger partial charge in [-0.3, -0.25) is 0 Å². The highest BCUT2D eigenvalue weighted by Crippen LogP contribution is 2.25. The van der Waals surface area contributed by atoms with E-state index < -0.39 is 0 Å². The summed E-state index contributed by atoms with van der Waals surface area (Å²) in [5.41, 5.74) is 0.315. The SMILES string of the molecule is CC(C)C(C)(C)CNCc1ccc(C#N)s1. The third kappa shape index (κ3) is 3.62. The Morgan fingerprint density at radius 2 is 2.12 bits per heavy atom. The average Bonchev–Trinajstić information content (AvgIpc) is 2.65. The van der Waals surface area contributed by atoms with Crippen molar-refractivity contribution in [1.82, 2.24) is 5.32 Å². The van der Waals surface area contributed by atoms with Gasteiger partial charge in [-0.25, -0.2) is 0 Å². The first-order chi connectivity index (χ1) is 7.45. The molecule has 0 bridgehead atoms. The lowest BCUT2D eigenvalue weighted by Gasteiger charge is -2.29. The molecule has 0 saturated heterocycles. The van der Waals surface area contributed by atoms with E-state index in [1.807, 2.05) is 12.1 Å². The first kappa shape index (κ1) is 13.2. The predicted molar refractivity (Wildman–Crippen MR) is 69.4 cm³/mol. The molecule has 2 nitrogen and oxygen atoms in total. The maximum absolute atomic E-state index is 8.72. The Hall–Kier alpha value is -0.850. The van der Waals surface area contributed by atoms with E-state index in [9.17, 15) is 0 Å². The van der Waals surface area contributed by atoms with E-state index >= 15 is 0 Å². The molecule has 0 radical (unpaired) electrons. The summed E-state index contributed by atoms with van der Waals surface area (Å²) in [5, 5.41) is 12.2. The van der Waals surface area contributed by atoms with Crippen LogP contribution in [-0.2, 0) is 6.54 Å². The van der Waals surface area contributed by atoms with Gasteiger partial charge in [-0.1, -0.05) is 27.7 Å². The van der Waals surface area contributed by atoms with Crippen LogP contribution in [-0.4, -0.2) is 6.54 Å². The Balaban J connectivity index is 2.39. The van der Waals surface area contributed by atoms with Gasteiger partial charge < -0.3 is 5.32 Å². The molecule has 0 fully saturated rings. The van der Waals surface area contributed by atoms with Crippen LogP contribution in [0.5, 0.6) is 0 Å². The molecule has 1 aromatic rings. The summed E-state index contributed by atoms with van der Waals surface area (Å²) in [6, 6.07) is 6.07. The van der Waals surface area contributed by atoms with Gasteiger partial charge in [-0.15, -0.1) is 11.3 Å². The Morgan fingerprint density at radius 3 is 2.62 bits per heavy atom. The molecule has 0 unspecified atom stereocenters. The maximum Gasteiger partial charge on any atom is 0.110 e. The second-order valence-electron chi connectivity index (χ2n) is 5.12. The summed E-state index contributed by atoms with van der Waals surface area (Å²) in [7, 11) is 0. The molecule has 1 rings (SSSR count). The van der Waals surface area contributed by atoms with Gasteiger partial charge in [0.2, 0.25) is 0 Å². The number of nitrogens with one attached hydrogen (secondary N) is 1. The van der Waals surface area contributed by atoms with E-state index in [0.717, 1.165) is 18.0 Å². The maximum atomic E-state index is 8.72. The van der Waals surface area contributed by atoms with E-state index in [-0.39, 0.29) is 0 Å². The van der Waals surface area contributed by atoms with Gasteiger partial charge in [-0.05, 0) is 23.5 Å². The molecule has 1 heterocycles. The Morgan fingerprint density at radius 1 is 1.44 bits per heavy atom. The van der Waals surface area contributed by atoms with E-state index in [1.54, 1.807) is 11.3 Å². The molecule has 88 valence electrons. The lowest BCUT2D eigenvalue weighted by molar-refractivity contribution is 0.238. The van der Waals surface area contributed by atoms with Crippen molar-refractivity contribution < 1.29 is 0 Å². The highest BCUT2D eigenvalue weighted by atomic mass is 32.1. The molecule has 16 heavy (non-hydrogen) atoms. The van der Waals surface area contributed by atoms with Crippen LogP contribution in [0, 0.1) is 22.7 Å². The van der Waals surface area contributed by atoms with Crippen molar-refractivity contribution in [3.63, 3.8) is 0 Å². The van der Waals surface area contributed by atoms with Gasteiger partial charge in [-0.2, -0.15) is 5.26 Å². The van der Waals surface area contributed by atoms with E-state index in [4.69, 9.17) is 5.26 Å². The van der Waals surface area contributed by atoms with Crippen molar-refractivity contribution in [3.05, 3.63) is 21.9 Å². The van der Waals surface area contributed by atoms with Gasteiger partial charge in [0, 0.05) is 18.0 Å². The summed E-state index contributed by atoms with van der Waals surface area (Å²) in [6.07, 6.45) is 0. The molecule has 0 saturated carbocycles. The second kappa shape index (κ2) is 5.47. The van der Waals surface area contributed by atoms with E-state index in [0.29, 0.717) is 11.3 Å². The molecule has 0 aliphatic heterocycles. The highest BCUT2D eigenvalue weighted by molar-refractivity contribution is 7.12. The predicted octanol–water partition coefficient (Wildman–Crippen LogP) is 3.39. The van der Waals surface area contributed by atoms with Gasteiger partial charge in [0.15, 0.2) is 0 Å². The zero-order valence-electron chi connectivity index (χ0n) is 10.5. The topological polar surface area (TPSA) is 35.8 Å². The molecule has 0 atom stereocenters. The van der Waals surface area contributed by atoms with Crippen LogP contribution < -0.4 is 5.32 Å². The van der Waals surface area contributed by atoms with Crippen LogP contribution in [0.1, 0.15) is 37.4 Å². The number of nitriles is 1. The molecular formula is C13H20N2S. The lowest BCUT2D eigenvalue weighted by atomic mass is 9.81. The van der Waals surface area contributed by atoms with Gasteiger partial charge in [0.25, 0.3) is 0 Å². The van der Waals surface area contributed by atoms with Crippen molar-refractivity contribution in [3.8, 4) is 6.07 Å².